The first-order valence-electron chi connectivity index (χ1n) is 4.40. The molecular weight excluding hydrogens is 236 g/mol. The first-order chi connectivity index (χ1) is 7.29. The molecule has 1 aromatic heterocycles. The summed E-state index contributed by atoms with van der Waals surface area (Å²) in [6, 6.07) is 0.787. The van der Waals surface area contributed by atoms with Crippen molar-refractivity contribution in [3.8, 4) is 0 Å². The van der Waals surface area contributed by atoms with Crippen LogP contribution < -0.4 is 4.89 Å². The summed E-state index contributed by atoms with van der Waals surface area (Å²) in [4.78, 5) is 11.7. The van der Waals surface area contributed by atoms with E-state index in [4.69, 9.17) is 10.3 Å². The molecule has 0 unspecified atom stereocenters. The van der Waals surface area contributed by atoms with Crippen LogP contribution in [0.4, 0.5) is 0 Å². The molecule has 0 bridgehead atoms. The molecule has 0 spiro atoms. The van der Waals surface area contributed by atoms with Gasteiger partial charge in [-0.25, -0.2) is 13.2 Å². The van der Waals surface area contributed by atoms with E-state index in [2.05, 4.69) is 0 Å². The number of rotatable bonds is 4. The third kappa shape index (κ3) is 2.23. The highest BCUT2D eigenvalue weighted by Crippen LogP contribution is 2.18. The van der Waals surface area contributed by atoms with Crippen molar-refractivity contribution in [1.82, 2.24) is 9.45 Å². The summed E-state index contributed by atoms with van der Waals surface area (Å²) < 4.78 is 23.8. The Morgan fingerprint density at radius 3 is 2.38 bits per heavy atom. The highest BCUT2D eigenvalue weighted by atomic mass is 32.2. The molecule has 1 aromatic rings. The third-order valence-electron chi connectivity index (χ3n) is 2.03. The van der Waals surface area contributed by atoms with Gasteiger partial charge in [-0.15, -0.1) is 0 Å². The van der Waals surface area contributed by atoms with E-state index in [-0.39, 0.29) is 16.6 Å². The van der Waals surface area contributed by atoms with Gasteiger partial charge in [0.25, 0.3) is 10.0 Å². The summed E-state index contributed by atoms with van der Waals surface area (Å²) in [6.07, 6.45) is 1.16. The van der Waals surface area contributed by atoms with Gasteiger partial charge in [0.2, 0.25) is 0 Å². The molecule has 0 atom stereocenters. The summed E-state index contributed by atoms with van der Waals surface area (Å²) in [5.41, 5.74) is -0.149. The zero-order valence-corrected chi connectivity index (χ0v) is 9.52. The standard InChI is InChI=1S/C8H12N2O5S/c1-5(2)10-4-6(16(14,15)9-13)3-7(10)8(11)12/h3-5,9,13H,1-2H3,(H,11,12). The SMILES string of the molecule is CC(C)n1cc(S(=O)(=O)NO)cc1C(=O)O. The van der Waals surface area contributed by atoms with Gasteiger partial charge in [0.1, 0.15) is 10.6 Å². The van der Waals surface area contributed by atoms with Crippen LogP contribution >= 0.6 is 0 Å². The van der Waals surface area contributed by atoms with Crippen molar-refractivity contribution in [3.05, 3.63) is 18.0 Å². The Morgan fingerprint density at radius 1 is 1.50 bits per heavy atom. The number of aromatic nitrogens is 1. The van der Waals surface area contributed by atoms with Gasteiger partial charge in [-0.05, 0) is 19.9 Å². The van der Waals surface area contributed by atoms with Crippen LogP contribution in [0.15, 0.2) is 17.2 Å². The Morgan fingerprint density at radius 2 is 2.06 bits per heavy atom. The molecule has 0 aliphatic heterocycles. The monoisotopic (exact) mass is 248 g/mol. The van der Waals surface area contributed by atoms with E-state index in [1.807, 2.05) is 0 Å². The summed E-state index contributed by atoms with van der Waals surface area (Å²) in [5.74, 6) is -1.23. The quantitative estimate of drug-likeness (QED) is 0.670. The van der Waals surface area contributed by atoms with Crippen LogP contribution in [0.25, 0.3) is 0 Å². The van der Waals surface area contributed by atoms with Crippen molar-refractivity contribution in [1.29, 1.82) is 0 Å². The van der Waals surface area contributed by atoms with E-state index in [0.29, 0.717) is 0 Å². The van der Waals surface area contributed by atoms with E-state index >= 15 is 0 Å². The number of nitrogens with zero attached hydrogens (tertiary/aromatic N) is 1. The van der Waals surface area contributed by atoms with E-state index in [1.54, 1.807) is 13.8 Å². The maximum absolute atomic E-state index is 11.2. The lowest BCUT2D eigenvalue weighted by Gasteiger charge is -2.09. The molecule has 0 saturated carbocycles. The molecule has 0 aliphatic rings. The van der Waals surface area contributed by atoms with Crippen molar-refractivity contribution in [2.45, 2.75) is 24.8 Å². The number of aromatic carboxylic acids is 1. The molecule has 1 heterocycles. The Labute approximate surface area is 92.3 Å². The largest absolute Gasteiger partial charge is 0.477 e. The van der Waals surface area contributed by atoms with Gasteiger partial charge in [-0.2, -0.15) is 0 Å². The van der Waals surface area contributed by atoms with E-state index in [1.165, 1.54) is 4.57 Å². The second-order valence-electron chi connectivity index (χ2n) is 3.46. The highest BCUT2D eigenvalue weighted by molar-refractivity contribution is 7.89. The fourth-order valence-electron chi connectivity index (χ4n) is 1.25. The van der Waals surface area contributed by atoms with Gasteiger partial charge < -0.3 is 14.9 Å². The summed E-state index contributed by atoms with van der Waals surface area (Å²) in [7, 11) is -4.05. The van der Waals surface area contributed by atoms with Crippen LogP contribution in [0.1, 0.15) is 30.4 Å². The van der Waals surface area contributed by atoms with E-state index < -0.39 is 16.0 Å². The minimum atomic E-state index is -4.05. The normalized spacial score (nSPS) is 12.0. The van der Waals surface area contributed by atoms with Gasteiger partial charge in [0.15, 0.2) is 0 Å². The van der Waals surface area contributed by atoms with E-state index in [9.17, 15) is 13.2 Å². The topological polar surface area (TPSA) is 109 Å². The molecular formula is C8H12N2O5S. The van der Waals surface area contributed by atoms with Crippen LogP contribution in [0.2, 0.25) is 0 Å². The zero-order valence-electron chi connectivity index (χ0n) is 8.71. The number of hydrogen-bond donors (Lipinski definition) is 3. The first kappa shape index (κ1) is 12.7. The maximum atomic E-state index is 11.2. The minimum Gasteiger partial charge on any atom is -0.477 e. The Hall–Kier alpha value is -1.38. The maximum Gasteiger partial charge on any atom is 0.352 e. The molecule has 0 amide bonds. The fraction of sp³-hybridized carbons (Fsp3) is 0.375. The summed E-state index contributed by atoms with van der Waals surface area (Å²) >= 11 is 0. The second kappa shape index (κ2) is 4.24. The van der Waals surface area contributed by atoms with Gasteiger partial charge in [0.05, 0.1) is 0 Å². The van der Waals surface area contributed by atoms with E-state index in [0.717, 1.165) is 17.1 Å². The van der Waals surface area contributed by atoms with Crippen LogP contribution in [-0.4, -0.2) is 29.3 Å². The second-order valence-corrected chi connectivity index (χ2v) is 5.12. The number of carboxylic acid groups (broad SMARTS) is 1. The van der Waals surface area contributed by atoms with Gasteiger partial charge in [-0.1, -0.05) is 4.89 Å². The molecule has 7 nitrogen and oxygen atoms in total. The lowest BCUT2D eigenvalue weighted by molar-refractivity contribution is 0.0683. The number of nitrogens with one attached hydrogen (secondary N) is 1. The predicted octanol–water partition coefficient (Wildman–Crippen LogP) is 0.435. The number of carboxylic acids is 1. The van der Waals surface area contributed by atoms with Crippen LogP contribution in [0, 0.1) is 0 Å². The molecule has 3 N–H and O–H groups in total. The van der Waals surface area contributed by atoms with Crippen LogP contribution in [0.5, 0.6) is 0 Å². The number of carbonyl (C=O) groups is 1. The number of sulfonamides is 1. The van der Waals surface area contributed by atoms with Crippen molar-refractivity contribution >= 4 is 16.0 Å². The molecule has 0 aromatic carbocycles. The van der Waals surface area contributed by atoms with Crippen molar-refractivity contribution < 1.29 is 23.5 Å². The Kier molecular flexibility index (Phi) is 3.36. The molecule has 0 fully saturated rings. The molecule has 0 radical (unpaired) electrons. The van der Waals surface area contributed by atoms with Crippen LogP contribution in [0.3, 0.4) is 0 Å². The van der Waals surface area contributed by atoms with Gasteiger partial charge in [-0.3, -0.25) is 0 Å². The average molecular weight is 248 g/mol. The number of hydrogen-bond acceptors (Lipinski definition) is 4. The molecule has 0 aliphatic carbocycles. The summed E-state index contributed by atoms with van der Waals surface area (Å²) in [6.45, 7) is 3.43. The molecule has 1 rings (SSSR count). The summed E-state index contributed by atoms with van der Waals surface area (Å²) in [5, 5.41) is 17.3. The Bertz CT molecular complexity index is 502. The zero-order chi connectivity index (χ0) is 12.5. The van der Waals surface area contributed by atoms with Crippen molar-refractivity contribution in [2.24, 2.45) is 0 Å². The molecule has 16 heavy (non-hydrogen) atoms. The van der Waals surface area contributed by atoms with Gasteiger partial charge in [0, 0.05) is 12.2 Å². The molecule has 8 heteroatoms. The van der Waals surface area contributed by atoms with Crippen molar-refractivity contribution in [2.75, 3.05) is 0 Å². The minimum absolute atomic E-state index is 0.149. The van der Waals surface area contributed by atoms with Crippen LogP contribution in [-0.2, 0) is 10.0 Å². The molecule has 90 valence electrons. The predicted molar refractivity (Wildman–Crippen MR) is 53.9 cm³/mol. The lowest BCUT2D eigenvalue weighted by Crippen LogP contribution is -2.18. The first-order valence-corrected chi connectivity index (χ1v) is 5.89. The van der Waals surface area contributed by atoms with Gasteiger partial charge >= 0.3 is 5.97 Å². The Balaban J connectivity index is 3.38. The third-order valence-corrected chi connectivity index (χ3v) is 3.11. The lowest BCUT2D eigenvalue weighted by atomic mass is 10.3. The van der Waals surface area contributed by atoms with Crippen molar-refractivity contribution in [3.63, 3.8) is 0 Å². The fourth-order valence-corrected chi connectivity index (χ4v) is 1.88. The smallest absolute Gasteiger partial charge is 0.352 e. The average Bonchev–Trinajstić information content (AvgIpc) is 2.62. The molecule has 0 saturated heterocycles. The highest BCUT2D eigenvalue weighted by Gasteiger charge is 2.21.